The van der Waals surface area contributed by atoms with Crippen LogP contribution >= 0.6 is 11.6 Å². The zero-order valence-corrected chi connectivity index (χ0v) is 13.6. The Balaban J connectivity index is 1.80. The maximum atomic E-state index is 12.4. The van der Waals surface area contributed by atoms with Crippen molar-refractivity contribution in [3.05, 3.63) is 34.9 Å². The van der Waals surface area contributed by atoms with Gasteiger partial charge in [-0.05, 0) is 25.1 Å². The number of ether oxygens (including phenoxy) is 1. The fourth-order valence-electron chi connectivity index (χ4n) is 2.54. The van der Waals surface area contributed by atoms with Crippen LogP contribution in [0.25, 0.3) is 0 Å². The fourth-order valence-corrected chi connectivity index (χ4v) is 2.73. The van der Waals surface area contributed by atoms with Crippen LogP contribution in [-0.4, -0.2) is 72.9 Å². The minimum Gasteiger partial charge on any atom is -0.389 e. The van der Waals surface area contributed by atoms with Gasteiger partial charge in [-0.15, -0.1) is 0 Å². The molecule has 1 N–H and O–H groups in total. The predicted molar refractivity (Wildman–Crippen MR) is 86.3 cm³/mol. The second-order valence-electron chi connectivity index (χ2n) is 5.42. The van der Waals surface area contributed by atoms with E-state index in [1.807, 2.05) is 11.8 Å². The molecule has 1 aliphatic rings. The van der Waals surface area contributed by atoms with Gasteiger partial charge in [-0.3, -0.25) is 9.69 Å². The molecule has 1 heterocycles. The quantitative estimate of drug-likeness (QED) is 0.860. The zero-order valence-electron chi connectivity index (χ0n) is 12.9. The van der Waals surface area contributed by atoms with Crippen molar-refractivity contribution < 1.29 is 14.6 Å². The Morgan fingerprint density at radius 2 is 2.09 bits per heavy atom. The van der Waals surface area contributed by atoms with Crippen LogP contribution in [0.2, 0.25) is 5.02 Å². The summed E-state index contributed by atoms with van der Waals surface area (Å²) in [6, 6.07) is 7.03. The predicted octanol–water partition coefficient (Wildman–Crippen LogP) is 1.50. The van der Waals surface area contributed by atoms with E-state index >= 15 is 0 Å². The maximum Gasteiger partial charge on any atom is 0.253 e. The van der Waals surface area contributed by atoms with E-state index < -0.39 is 6.10 Å². The van der Waals surface area contributed by atoms with Crippen molar-refractivity contribution in [1.29, 1.82) is 0 Å². The largest absolute Gasteiger partial charge is 0.389 e. The second-order valence-corrected chi connectivity index (χ2v) is 5.85. The molecule has 0 bridgehead atoms. The van der Waals surface area contributed by atoms with Crippen molar-refractivity contribution in [2.24, 2.45) is 0 Å². The van der Waals surface area contributed by atoms with Gasteiger partial charge in [0.2, 0.25) is 0 Å². The third-order valence-electron chi connectivity index (χ3n) is 3.71. The highest BCUT2D eigenvalue weighted by Crippen LogP contribution is 2.14. The minimum atomic E-state index is -0.477. The highest BCUT2D eigenvalue weighted by Gasteiger charge is 2.23. The maximum absolute atomic E-state index is 12.4. The van der Waals surface area contributed by atoms with Crippen LogP contribution in [0.4, 0.5) is 0 Å². The highest BCUT2D eigenvalue weighted by molar-refractivity contribution is 6.30. The molecular weight excluding hydrogens is 304 g/mol. The third kappa shape index (κ3) is 4.95. The van der Waals surface area contributed by atoms with Crippen LogP contribution in [-0.2, 0) is 4.74 Å². The van der Waals surface area contributed by atoms with E-state index in [1.165, 1.54) is 0 Å². The SMILES string of the molecule is CCOC[C@@H](O)CN1CCN(C(=O)c2cccc(Cl)c2)CC1. The molecular formula is C16H23ClN2O3. The first-order valence-corrected chi connectivity index (χ1v) is 8.01. The molecule has 122 valence electrons. The van der Waals surface area contributed by atoms with E-state index in [-0.39, 0.29) is 5.91 Å². The van der Waals surface area contributed by atoms with E-state index in [0.29, 0.717) is 43.4 Å². The number of rotatable bonds is 6. The zero-order chi connectivity index (χ0) is 15.9. The van der Waals surface area contributed by atoms with Gasteiger partial charge in [0.25, 0.3) is 5.91 Å². The first-order valence-electron chi connectivity index (χ1n) is 7.63. The standard InChI is InChI=1S/C16H23ClN2O3/c1-2-22-12-15(20)11-18-6-8-19(9-7-18)16(21)13-4-3-5-14(17)10-13/h3-5,10,15,20H,2,6-9,11-12H2,1H3/t15-/m0/s1. The van der Waals surface area contributed by atoms with Crippen molar-refractivity contribution in [3.63, 3.8) is 0 Å². The molecule has 1 amide bonds. The van der Waals surface area contributed by atoms with Crippen LogP contribution < -0.4 is 0 Å². The number of carbonyl (C=O) groups is 1. The molecule has 0 unspecified atom stereocenters. The summed E-state index contributed by atoms with van der Waals surface area (Å²) in [6.45, 7) is 6.30. The molecule has 6 heteroatoms. The Kier molecular flexibility index (Phi) is 6.64. The molecule has 1 aromatic carbocycles. The smallest absolute Gasteiger partial charge is 0.253 e. The molecule has 1 fully saturated rings. The van der Waals surface area contributed by atoms with Gasteiger partial charge >= 0.3 is 0 Å². The molecule has 1 aromatic rings. The molecule has 0 aromatic heterocycles. The molecule has 5 nitrogen and oxygen atoms in total. The Bertz CT molecular complexity index is 490. The summed E-state index contributed by atoms with van der Waals surface area (Å²) in [5, 5.41) is 10.4. The first kappa shape index (κ1) is 17.2. The minimum absolute atomic E-state index is 0.0111. The van der Waals surface area contributed by atoms with Crippen LogP contribution in [0.1, 0.15) is 17.3 Å². The van der Waals surface area contributed by atoms with Gasteiger partial charge in [0.1, 0.15) is 0 Å². The Hall–Kier alpha value is -1.14. The van der Waals surface area contributed by atoms with E-state index in [4.69, 9.17) is 16.3 Å². The van der Waals surface area contributed by atoms with Gasteiger partial charge in [-0.1, -0.05) is 17.7 Å². The van der Waals surface area contributed by atoms with Crippen LogP contribution in [0.3, 0.4) is 0 Å². The number of piperazine rings is 1. The number of halogens is 1. The number of benzene rings is 1. The van der Waals surface area contributed by atoms with Gasteiger partial charge in [0.05, 0.1) is 12.7 Å². The molecule has 0 spiro atoms. The number of nitrogens with zero attached hydrogens (tertiary/aromatic N) is 2. The lowest BCUT2D eigenvalue weighted by Gasteiger charge is -2.35. The van der Waals surface area contributed by atoms with E-state index in [2.05, 4.69) is 4.90 Å². The summed E-state index contributed by atoms with van der Waals surface area (Å²) in [6.07, 6.45) is -0.477. The Morgan fingerprint density at radius 1 is 1.36 bits per heavy atom. The lowest BCUT2D eigenvalue weighted by atomic mass is 10.2. The summed E-state index contributed by atoms with van der Waals surface area (Å²) in [7, 11) is 0. The molecule has 22 heavy (non-hydrogen) atoms. The molecule has 1 atom stereocenters. The van der Waals surface area contributed by atoms with E-state index in [1.54, 1.807) is 24.3 Å². The van der Waals surface area contributed by atoms with Crippen molar-refractivity contribution in [3.8, 4) is 0 Å². The molecule has 2 rings (SSSR count). The first-order chi connectivity index (χ1) is 10.6. The Labute approximate surface area is 136 Å². The lowest BCUT2D eigenvalue weighted by molar-refractivity contribution is 0.0111. The third-order valence-corrected chi connectivity index (χ3v) is 3.95. The number of carbonyl (C=O) groups excluding carboxylic acids is 1. The van der Waals surface area contributed by atoms with E-state index in [0.717, 1.165) is 13.1 Å². The number of β-amino-alcohol motifs (C(OH)–C–C–N with tert-alkyl or cyclic N) is 1. The van der Waals surface area contributed by atoms with Crippen molar-refractivity contribution in [2.45, 2.75) is 13.0 Å². The van der Waals surface area contributed by atoms with Crippen molar-refractivity contribution in [2.75, 3.05) is 45.9 Å². The second kappa shape index (κ2) is 8.48. The van der Waals surface area contributed by atoms with Gasteiger partial charge in [-0.2, -0.15) is 0 Å². The molecule has 0 radical (unpaired) electrons. The number of hydrogen-bond acceptors (Lipinski definition) is 4. The number of aliphatic hydroxyl groups is 1. The average molecular weight is 327 g/mol. The summed E-state index contributed by atoms with van der Waals surface area (Å²) >= 11 is 5.93. The summed E-state index contributed by atoms with van der Waals surface area (Å²) in [4.78, 5) is 16.4. The van der Waals surface area contributed by atoms with Crippen molar-refractivity contribution in [1.82, 2.24) is 9.80 Å². The Morgan fingerprint density at radius 3 is 2.73 bits per heavy atom. The van der Waals surface area contributed by atoms with Gasteiger partial charge in [0.15, 0.2) is 0 Å². The summed E-state index contributed by atoms with van der Waals surface area (Å²) in [5.41, 5.74) is 0.623. The molecule has 0 saturated carbocycles. The molecule has 1 saturated heterocycles. The summed E-state index contributed by atoms with van der Waals surface area (Å²) in [5.74, 6) is 0.0111. The average Bonchev–Trinajstić information content (AvgIpc) is 2.53. The number of aliphatic hydroxyl groups excluding tert-OH is 1. The fraction of sp³-hybridized carbons (Fsp3) is 0.562. The lowest BCUT2D eigenvalue weighted by Crippen LogP contribution is -2.50. The monoisotopic (exact) mass is 326 g/mol. The van der Waals surface area contributed by atoms with Crippen LogP contribution in [0.5, 0.6) is 0 Å². The van der Waals surface area contributed by atoms with E-state index in [9.17, 15) is 9.90 Å². The van der Waals surface area contributed by atoms with Gasteiger partial charge in [0, 0.05) is 49.9 Å². The molecule has 1 aliphatic heterocycles. The van der Waals surface area contributed by atoms with Crippen LogP contribution in [0, 0.1) is 0 Å². The number of amides is 1. The number of hydrogen-bond donors (Lipinski definition) is 1. The van der Waals surface area contributed by atoms with Crippen molar-refractivity contribution >= 4 is 17.5 Å². The summed E-state index contributed by atoms with van der Waals surface area (Å²) < 4.78 is 5.21. The highest BCUT2D eigenvalue weighted by atomic mass is 35.5. The van der Waals surface area contributed by atoms with Gasteiger partial charge in [-0.25, -0.2) is 0 Å². The van der Waals surface area contributed by atoms with Crippen LogP contribution in [0.15, 0.2) is 24.3 Å². The normalized spacial score (nSPS) is 17.5. The topological polar surface area (TPSA) is 53.0 Å². The molecule has 0 aliphatic carbocycles. The van der Waals surface area contributed by atoms with Gasteiger partial charge < -0.3 is 14.7 Å².